The summed E-state index contributed by atoms with van der Waals surface area (Å²) in [6.45, 7) is 3.97. The second-order valence-corrected chi connectivity index (χ2v) is 6.98. The van der Waals surface area contributed by atoms with Crippen LogP contribution in [0.15, 0.2) is 39.6 Å². The molecule has 3 aromatic rings. The average molecular weight is 445 g/mol. The molecule has 0 fully saturated rings. The highest BCUT2D eigenvalue weighted by molar-refractivity contribution is 6.30. The smallest absolute Gasteiger partial charge is 0.358 e. The number of rotatable bonds is 6. The number of pyridine rings is 1. The van der Waals surface area contributed by atoms with Crippen LogP contribution in [0.4, 0.5) is 11.4 Å². The Morgan fingerprint density at radius 3 is 2.48 bits per heavy atom. The Kier molecular flexibility index (Phi) is 6.45. The van der Waals surface area contributed by atoms with E-state index >= 15 is 0 Å². The summed E-state index contributed by atoms with van der Waals surface area (Å²) in [5.41, 5.74) is 1.66. The summed E-state index contributed by atoms with van der Waals surface area (Å²) in [5.74, 6) is -0.705. The fourth-order valence-corrected chi connectivity index (χ4v) is 3.33. The van der Waals surface area contributed by atoms with Crippen LogP contribution in [0.5, 0.6) is 0 Å². The minimum absolute atomic E-state index is 0.0196. The van der Waals surface area contributed by atoms with Crippen molar-refractivity contribution in [2.24, 2.45) is 7.05 Å². The fraction of sp³-hybridized carbons (Fsp3) is 0.238. The van der Waals surface area contributed by atoms with Gasteiger partial charge in [-0.15, -0.1) is 0 Å². The Morgan fingerprint density at radius 1 is 1.26 bits per heavy atom. The molecule has 31 heavy (non-hydrogen) atoms. The first-order chi connectivity index (χ1) is 14.8. The molecule has 3 rings (SSSR count). The number of halogens is 1. The van der Waals surface area contributed by atoms with Crippen LogP contribution in [-0.4, -0.2) is 35.3 Å². The highest BCUT2D eigenvalue weighted by Gasteiger charge is 2.23. The number of anilines is 2. The third kappa shape index (κ3) is 4.46. The maximum atomic E-state index is 12.9. The van der Waals surface area contributed by atoms with Crippen molar-refractivity contribution >= 4 is 34.9 Å². The zero-order valence-corrected chi connectivity index (χ0v) is 18.2. The highest BCUT2D eigenvalue weighted by Crippen LogP contribution is 2.26. The Labute approximate surface area is 182 Å². The molecule has 0 saturated heterocycles. The number of esters is 1. The molecule has 9 nitrogen and oxygen atoms in total. The molecule has 0 atom stereocenters. The van der Waals surface area contributed by atoms with E-state index in [1.165, 1.54) is 20.2 Å². The van der Waals surface area contributed by atoms with Crippen molar-refractivity contribution < 1.29 is 18.8 Å². The first-order valence-electron chi connectivity index (χ1n) is 9.38. The number of aryl methyl sites for hydroxylation is 2. The standard InChI is InChI=1S/C21H21ClN4O5/c1-5-23-17-14(10-15(22)25-18(17)21(29)30-4)19(27)24-13-8-6-12(7-9-13)16-11(2)31-26(3)20(16)28/h6-10,23H,5H2,1-4H3,(H,24,27). The van der Waals surface area contributed by atoms with Crippen LogP contribution >= 0.6 is 11.6 Å². The van der Waals surface area contributed by atoms with Crippen molar-refractivity contribution in [3.63, 3.8) is 0 Å². The lowest BCUT2D eigenvalue weighted by atomic mass is 10.1. The molecule has 2 heterocycles. The third-order valence-electron chi connectivity index (χ3n) is 4.52. The Balaban J connectivity index is 1.92. The van der Waals surface area contributed by atoms with Gasteiger partial charge in [0.15, 0.2) is 5.69 Å². The van der Waals surface area contributed by atoms with Gasteiger partial charge in [0.25, 0.3) is 11.5 Å². The summed E-state index contributed by atoms with van der Waals surface area (Å²) in [7, 11) is 2.76. The molecule has 0 aliphatic heterocycles. The number of hydrogen-bond donors (Lipinski definition) is 2. The van der Waals surface area contributed by atoms with Gasteiger partial charge in [0.2, 0.25) is 0 Å². The number of amides is 1. The summed E-state index contributed by atoms with van der Waals surface area (Å²) in [4.78, 5) is 41.2. The minimum Gasteiger partial charge on any atom is -0.464 e. The lowest BCUT2D eigenvalue weighted by molar-refractivity contribution is 0.0595. The van der Waals surface area contributed by atoms with Gasteiger partial charge in [-0.2, -0.15) is 4.74 Å². The SMILES string of the molecule is CCNc1c(C(=O)Nc2ccc(-c3c(C)on(C)c3=O)cc2)cc(Cl)nc1C(=O)OC. The molecule has 0 aliphatic carbocycles. The minimum atomic E-state index is -0.714. The maximum Gasteiger partial charge on any atom is 0.358 e. The first-order valence-corrected chi connectivity index (χ1v) is 9.76. The molecule has 0 radical (unpaired) electrons. The molecule has 10 heteroatoms. The highest BCUT2D eigenvalue weighted by atomic mass is 35.5. The second kappa shape index (κ2) is 9.05. The van der Waals surface area contributed by atoms with Crippen LogP contribution in [0.1, 0.15) is 33.5 Å². The monoisotopic (exact) mass is 444 g/mol. The normalized spacial score (nSPS) is 10.6. The number of carbonyl (C=O) groups is 2. The molecule has 0 unspecified atom stereocenters. The van der Waals surface area contributed by atoms with Gasteiger partial charge in [0, 0.05) is 19.3 Å². The number of carbonyl (C=O) groups excluding carboxylic acids is 2. The predicted octanol–water partition coefficient (Wildman–Crippen LogP) is 3.47. The molecule has 1 amide bonds. The Bertz CT molecular complexity index is 1200. The van der Waals surface area contributed by atoms with Crippen molar-refractivity contribution in [1.29, 1.82) is 0 Å². The molecule has 1 aromatic carbocycles. The average Bonchev–Trinajstić information content (AvgIpc) is 3.00. The van der Waals surface area contributed by atoms with E-state index < -0.39 is 11.9 Å². The molecule has 0 spiro atoms. The van der Waals surface area contributed by atoms with E-state index in [0.717, 1.165) is 4.74 Å². The van der Waals surface area contributed by atoms with Gasteiger partial charge >= 0.3 is 5.97 Å². The van der Waals surface area contributed by atoms with Crippen molar-refractivity contribution in [1.82, 2.24) is 9.72 Å². The van der Waals surface area contributed by atoms with E-state index in [1.54, 1.807) is 31.2 Å². The molecule has 0 bridgehead atoms. The number of hydrogen-bond acceptors (Lipinski definition) is 7. The van der Waals surface area contributed by atoms with Crippen molar-refractivity contribution in [2.75, 3.05) is 24.3 Å². The second-order valence-electron chi connectivity index (χ2n) is 6.59. The maximum absolute atomic E-state index is 12.9. The number of benzene rings is 1. The molecule has 2 N–H and O–H groups in total. The Hall–Kier alpha value is -3.59. The van der Waals surface area contributed by atoms with Crippen LogP contribution < -0.4 is 16.2 Å². The van der Waals surface area contributed by atoms with E-state index in [4.69, 9.17) is 20.9 Å². The van der Waals surface area contributed by atoms with Crippen molar-refractivity contribution in [2.45, 2.75) is 13.8 Å². The summed E-state index contributed by atoms with van der Waals surface area (Å²) in [6, 6.07) is 8.11. The van der Waals surface area contributed by atoms with E-state index in [-0.39, 0.29) is 27.7 Å². The number of aromatic nitrogens is 2. The van der Waals surface area contributed by atoms with Gasteiger partial charge in [-0.25, -0.2) is 9.78 Å². The van der Waals surface area contributed by atoms with Crippen LogP contribution in [0, 0.1) is 6.92 Å². The molecule has 0 saturated carbocycles. The largest absolute Gasteiger partial charge is 0.464 e. The third-order valence-corrected chi connectivity index (χ3v) is 4.72. The van der Waals surface area contributed by atoms with E-state index in [0.29, 0.717) is 29.1 Å². The summed E-state index contributed by atoms with van der Waals surface area (Å²) >= 11 is 6.02. The van der Waals surface area contributed by atoms with Gasteiger partial charge in [-0.05, 0) is 37.6 Å². The zero-order valence-electron chi connectivity index (χ0n) is 17.4. The molecular formula is C21H21ClN4O5. The summed E-state index contributed by atoms with van der Waals surface area (Å²) < 4.78 is 11.2. The Morgan fingerprint density at radius 2 is 1.94 bits per heavy atom. The van der Waals surface area contributed by atoms with Crippen LogP contribution in [0.3, 0.4) is 0 Å². The van der Waals surface area contributed by atoms with Gasteiger partial charge < -0.3 is 19.9 Å². The fourth-order valence-electron chi connectivity index (χ4n) is 3.14. The summed E-state index contributed by atoms with van der Waals surface area (Å²) in [5, 5.41) is 5.71. The lowest BCUT2D eigenvalue weighted by Gasteiger charge is -2.14. The zero-order chi connectivity index (χ0) is 22.7. The lowest BCUT2D eigenvalue weighted by Crippen LogP contribution is -2.19. The topological polar surface area (TPSA) is 115 Å². The number of methoxy groups -OCH3 is 1. The van der Waals surface area contributed by atoms with Crippen molar-refractivity contribution in [3.05, 3.63) is 62.9 Å². The number of nitrogens with one attached hydrogen (secondary N) is 2. The van der Waals surface area contributed by atoms with Gasteiger partial charge in [-0.1, -0.05) is 23.7 Å². The van der Waals surface area contributed by atoms with Crippen molar-refractivity contribution in [3.8, 4) is 11.1 Å². The molecule has 0 aliphatic rings. The summed E-state index contributed by atoms with van der Waals surface area (Å²) in [6.07, 6.45) is 0. The van der Waals surface area contributed by atoms with E-state index in [1.807, 2.05) is 6.92 Å². The number of nitrogens with zero attached hydrogens (tertiary/aromatic N) is 2. The first kappa shape index (κ1) is 22.1. The van der Waals surface area contributed by atoms with Crippen LogP contribution in [-0.2, 0) is 11.8 Å². The molecule has 162 valence electrons. The molecule has 2 aromatic heterocycles. The van der Waals surface area contributed by atoms with Gasteiger partial charge in [-0.3, -0.25) is 9.59 Å². The molecular weight excluding hydrogens is 424 g/mol. The van der Waals surface area contributed by atoms with Gasteiger partial charge in [0.1, 0.15) is 10.9 Å². The van der Waals surface area contributed by atoms with E-state index in [2.05, 4.69) is 15.6 Å². The van der Waals surface area contributed by atoms with E-state index in [9.17, 15) is 14.4 Å². The number of ether oxygens (including phenoxy) is 1. The van der Waals surface area contributed by atoms with Crippen LogP contribution in [0.2, 0.25) is 5.15 Å². The van der Waals surface area contributed by atoms with Gasteiger partial charge in [0.05, 0.1) is 23.9 Å². The predicted molar refractivity (Wildman–Crippen MR) is 117 cm³/mol. The quantitative estimate of drug-likeness (QED) is 0.441. The van der Waals surface area contributed by atoms with Crippen LogP contribution in [0.25, 0.3) is 11.1 Å².